The molecule has 2 saturated heterocycles. The third kappa shape index (κ3) is 2.61. The Morgan fingerprint density at radius 1 is 1.35 bits per heavy atom. The SMILES string of the molecule is CSc1nc(C)cc(N2CCC3(CC2)CNC(=O)C3)n1. The van der Waals surface area contributed by atoms with E-state index in [-0.39, 0.29) is 11.3 Å². The Morgan fingerprint density at radius 2 is 2.10 bits per heavy atom. The smallest absolute Gasteiger partial charge is 0.220 e. The summed E-state index contributed by atoms with van der Waals surface area (Å²) < 4.78 is 0. The number of carbonyl (C=O) groups is 1. The number of hydrogen-bond acceptors (Lipinski definition) is 5. The number of aryl methyl sites for hydroxylation is 1. The minimum absolute atomic E-state index is 0.192. The van der Waals surface area contributed by atoms with Crippen LogP contribution in [0.25, 0.3) is 0 Å². The zero-order valence-corrected chi connectivity index (χ0v) is 12.8. The van der Waals surface area contributed by atoms with Gasteiger partial charge in [0.05, 0.1) is 0 Å². The van der Waals surface area contributed by atoms with E-state index in [9.17, 15) is 4.79 Å². The van der Waals surface area contributed by atoms with Crippen molar-refractivity contribution in [1.29, 1.82) is 0 Å². The molecule has 1 spiro atoms. The van der Waals surface area contributed by atoms with Crippen molar-refractivity contribution in [3.8, 4) is 0 Å². The van der Waals surface area contributed by atoms with Crippen LogP contribution in [0.15, 0.2) is 11.2 Å². The van der Waals surface area contributed by atoms with Crippen LogP contribution in [-0.2, 0) is 4.79 Å². The van der Waals surface area contributed by atoms with Crippen LogP contribution in [0.1, 0.15) is 25.0 Å². The molecule has 0 bridgehead atoms. The van der Waals surface area contributed by atoms with Gasteiger partial charge in [-0.1, -0.05) is 11.8 Å². The minimum atomic E-state index is 0.192. The van der Waals surface area contributed by atoms with E-state index in [0.717, 1.165) is 49.1 Å². The predicted molar refractivity (Wildman–Crippen MR) is 80.1 cm³/mol. The number of carbonyl (C=O) groups excluding carboxylic acids is 1. The van der Waals surface area contributed by atoms with Crippen LogP contribution < -0.4 is 10.2 Å². The maximum absolute atomic E-state index is 11.4. The van der Waals surface area contributed by atoms with Gasteiger partial charge >= 0.3 is 0 Å². The summed E-state index contributed by atoms with van der Waals surface area (Å²) in [5.74, 6) is 1.23. The topological polar surface area (TPSA) is 58.1 Å². The van der Waals surface area contributed by atoms with Crippen molar-refractivity contribution in [2.24, 2.45) is 5.41 Å². The van der Waals surface area contributed by atoms with Crippen LogP contribution in [0.5, 0.6) is 0 Å². The summed E-state index contributed by atoms with van der Waals surface area (Å²) in [4.78, 5) is 22.8. The molecule has 5 nitrogen and oxygen atoms in total. The highest BCUT2D eigenvalue weighted by Gasteiger charge is 2.41. The molecule has 0 aromatic carbocycles. The highest BCUT2D eigenvalue weighted by Crippen LogP contribution is 2.38. The van der Waals surface area contributed by atoms with Crippen molar-refractivity contribution < 1.29 is 4.79 Å². The highest BCUT2D eigenvalue weighted by atomic mass is 32.2. The molecule has 0 atom stereocenters. The summed E-state index contributed by atoms with van der Waals surface area (Å²) >= 11 is 1.58. The monoisotopic (exact) mass is 292 g/mol. The number of rotatable bonds is 2. The molecular formula is C14H20N4OS. The lowest BCUT2D eigenvalue weighted by Gasteiger charge is -2.38. The van der Waals surface area contributed by atoms with Gasteiger partial charge in [-0.05, 0) is 31.4 Å². The van der Waals surface area contributed by atoms with Crippen molar-refractivity contribution in [1.82, 2.24) is 15.3 Å². The van der Waals surface area contributed by atoms with Gasteiger partial charge in [0.25, 0.3) is 0 Å². The number of aromatic nitrogens is 2. The van der Waals surface area contributed by atoms with E-state index in [2.05, 4.69) is 26.3 Å². The maximum atomic E-state index is 11.4. The Bertz CT molecular complexity index is 526. The first-order valence-corrected chi connectivity index (χ1v) is 8.24. The average molecular weight is 292 g/mol. The largest absolute Gasteiger partial charge is 0.356 e. The average Bonchev–Trinajstić information content (AvgIpc) is 2.80. The fourth-order valence-corrected chi connectivity index (χ4v) is 3.51. The Morgan fingerprint density at radius 3 is 2.70 bits per heavy atom. The van der Waals surface area contributed by atoms with E-state index < -0.39 is 0 Å². The molecule has 108 valence electrons. The van der Waals surface area contributed by atoms with Crippen molar-refractivity contribution in [3.05, 3.63) is 11.8 Å². The summed E-state index contributed by atoms with van der Waals surface area (Å²) in [6.45, 7) is 4.80. The van der Waals surface area contributed by atoms with E-state index in [0.29, 0.717) is 6.42 Å². The summed E-state index contributed by atoms with van der Waals surface area (Å²) in [6.07, 6.45) is 4.81. The normalized spacial score (nSPS) is 21.3. The van der Waals surface area contributed by atoms with Crippen LogP contribution >= 0.6 is 11.8 Å². The zero-order chi connectivity index (χ0) is 14.2. The Labute approximate surface area is 123 Å². The van der Waals surface area contributed by atoms with Crippen LogP contribution in [0, 0.1) is 12.3 Å². The fraction of sp³-hybridized carbons (Fsp3) is 0.643. The molecule has 2 aliphatic rings. The molecule has 1 N–H and O–H groups in total. The van der Waals surface area contributed by atoms with Crippen molar-refractivity contribution >= 4 is 23.5 Å². The van der Waals surface area contributed by atoms with Gasteiger partial charge in [-0.3, -0.25) is 4.79 Å². The number of hydrogen-bond donors (Lipinski definition) is 1. The van der Waals surface area contributed by atoms with Crippen LogP contribution in [0.3, 0.4) is 0 Å². The van der Waals surface area contributed by atoms with Crippen LogP contribution in [-0.4, -0.2) is 41.8 Å². The molecular weight excluding hydrogens is 272 g/mol. The van der Waals surface area contributed by atoms with E-state index in [1.165, 1.54) is 0 Å². The second-order valence-corrected chi connectivity index (χ2v) is 6.57. The van der Waals surface area contributed by atoms with Crippen molar-refractivity contribution in [2.45, 2.75) is 31.3 Å². The lowest BCUT2D eigenvalue weighted by molar-refractivity contribution is -0.119. The lowest BCUT2D eigenvalue weighted by Crippen LogP contribution is -2.41. The van der Waals surface area contributed by atoms with Crippen LogP contribution in [0.2, 0.25) is 0 Å². The van der Waals surface area contributed by atoms with Crippen molar-refractivity contribution in [2.75, 3.05) is 30.8 Å². The fourth-order valence-electron chi connectivity index (χ4n) is 3.09. The molecule has 2 fully saturated rings. The molecule has 3 rings (SSSR count). The Kier molecular flexibility index (Phi) is 3.58. The zero-order valence-electron chi connectivity index (χ0n) is 12.0. The third-order valence-electron chi connectivity index (χ3n) is 4.35. The molecule has 3 heterocycles. The molecule has 0 radical (unpaired) electrons. The first-order chi connectivity index (χ1) is 9.60. The lowest BCUT2D eigenvalue weighted by atomic mass is 9.78. The van der Waals surface area contributed by atoms with Gasteiger partial charge in [0.2, 0.25) is 5.91 Å². The number of nitrogens with one attached hydrogen (secondary N) is 1. The van der Waals surface area contributed by atoms with E-state index >= 15 is 0 Å². The molecule has 6 heteroatoms. The van der Waals surface area contributed by atoms with Crippen LogP contribution in [0.4, 0.5) is 5.82 Å². The van der Waals surface area contributed by atoms with E-state index in [4.69, 9.17) is 0 Å². The summed E-state index contributed by atoms with van der Waals surface area (Å²) in [7, 11) is 0. The van der Waals surface area contributed by atoms with E-state index in [1.807, 2.05) is 13.2 Å². The molecule has 20 heavy (non-hydrogen) atoms. The van der Waals surface area contributed by atoms with Gasteiger partial charge in [0.1, 0.15) is 5.82 Å². The number of piperidine rings is 1. The van der Waals surface area contributed by atoms with Crippen molar-refractivity contribution in [3.63, 3.8) is 0 Å². The number of thioether (sulfide) groups is 1. The first kappa shape index (κ1) is 13.7. The summed E-state index contributed by atoms with van der Waals surface area (Å²) in [5, 5.41) is 3.81. The molecule has 0 aliphatic carbocycles. The maximum Gasteiger partial charge on any atom is 0.220 e. The quantitative estimate of drug-likeness (QED) is 0.663. The van der Waals surface area contributed by atoms with Gasteiger partial charge in [0.15, 0.2) is 5.16 Å². The number of anilines is 1. The molecule has 0 unspecified atom stereocenters. The number of amides is 1. The summed E-state index contributed by atoms with van der Waals surface area (Å²) in [5.41, 5.74) is 1.20. The second kappa shape index (κ2) is 5.24. The summed E-state index contributed by atoms with van der Waals surface area (Å²) in [6, 6.07) is 2.05. The highest BCUT2D eigenvalue weighted by molar-refractivity contribution is 7.98. The molecule has 1 aromatic heterocycles. The Balaban J connectivity index is 1.72. The molecule has 1 aromatic rings. The molecule has 1 amide bonds. The standard InChI is InChI=1S/C14H20N4OS/c1-10-7-11(17-13(16-10)20-2)18-5-3-14(4-6-18)8-12(19)15-9-14/h7H,3-6,8-9H2,1-2H3,(H,15,19). The third-order valence-corrected chi connectivity index (χ3v) is 4.89. The van der Waals surface area contributed by atoms with Gasteiger partial charge < -0.3 is 10.2 Å². The molecule has 0 saturated carbocycles. The first-order valence-electron chi connectivity index (χ1n) is 7.02. The van der Waals surface area contributed by atoms with Gasteiger partial charge in [-0.25, -0.2) is 9.97 Å². The number of nitrogens with zero attached hydrogens (tertiary/aromatic N) is 3. The second-order valence-electron chi connectivity index (χ2n) is 5.79. The van der Waals surface area contributed by atoms with Gasteiger partial charge in [-0.15, -0.1) is 0 Å². The van der Waals surface area contributed by atoms with E-state index in [1.54, 1.807) is 11.8 Å². The minimum Gasteiger partial charge on any atom is -0.356 e. The molecule has 2 aliphatic heterocycles. The Hall–Kier alpha value is -1.30. The predicted octanol–water partition coefficient (Wildman–Crippen LogP) is 1.61. The van der Waals surface area contributed by atoms with Gasteiger partial charge in [0, 0.05) is 37.8 Å². The van der Waals surface area contributed by atoms with Gasteiger partial charge in [-0.2, -0.15) is 0 Å².